The molecule has 104 valence electrons. The first kappa shape index (κ1) is 13.6. The van der Waals surface area contributed by atoms with Gasteiger partial charge in [-0.2, -0.15) is 0 Å². The van der Waals surface area contributed by atoms with Crippen molar-refractivity contribution in [1.29, 1.82) is 0 Å². The van der Waals surface area contributed by atoms with Gasteiger partial charge in [-0.15, -0.1) is 10.2 Å². The fourth-order valence-corrected chi connectivity index (χ4v) is 1.65. The quantitative estimate of drug-likeness (QED) is 0.680. The topological polar surface area (TPSA) is 79.9 Å². The van der Waals surface area contributed by atoms with Crippen molar-refractivity contribution >= 4 is 0 Å². The normalized spacial score (nSPS) is 11.4. The lowest BCUT2D eigenvalue weighted by molar-refractivity contribution is -0.142. The van der Waals surface area contributed by atoms with E-state index in [9.17, 15) is 0 Å². The Morgan fingerprint density at radius 2 is 1.84 bits per heavy atom. The lowest BCUT2D eigenvalue weighted by atomic mass is 10.4. The summed E-state index contributed by atoms with van der Waals surface area (Å²) >= 11 is 0. The summed E-state index contributed by atoms with van der Waals surface area (Å²) < 4.78 is 14.3. The standard InChI is InChI=1S/C11H18N6O2/c1-4-18-11(19-5-2)10-8-17(15-13-10)7-9-6-16(3)14-12-9/h6,8,11H,4-5,7H2,1-3H3. The third kappa shape index (κ3) is 3.58. The molecule has 2 heterocycles. The molecule has 8 nitrogen and oxygen atoms in total. The Morgan fingerprint density at radius 3 is 2.42 bits per heavy atom. The average molecular weight is 266 g/mol. The van der Waals surface area contributed by atoms with Crippen LogP contribution in [0.4, 0.5) is 0 Å². The van der Waals surface area contributed by atoms with Crippen molar-refractivity contribution in [3.05, 3.63) is 23.8 Å². The molecule has 0 N–H and O–H groups in total. The highest BCUT2D eigenvalue weighted by molar-refractivity contribution is 4.98. The van der Waals surface area contributed by atoms with Crippen molar-refractivity contribution < 1.29 is 9.47 Å². The molecule has 0 aliphatic rings. The Hall–Kier alpha value is -1.80. The van der Waals surface area contributed by atoms with E-state index in [4.69, 9.17) is 9.47 Å². The predicted molar refractivity (Wildman–Crippen MR) is 66.1 cm³/mol. The van der Waals surface area contributed by atoms with Crippen LogP contribution in [0.3, 0.4) is 0 Å². The molecule has 0 radical (unpaired) electrons. The summed E-state index contributed by atoms with van der Waals surface area (Å²) in [5.74, 6) is 0. The number of rotatable bonds is 7. The van der Waals surface area contributed by atoms with Gasteiger partial charge in [-0.25, -0.2) is 4.68 Å². The van der Waals surface area contributed by atoms with Gasteiger partial charge in [0.25, 0.3) is 0 Å². The van der Waals surface area contributed by atoms with Crippen molar-refractivity contribution in [3.63, 3.8) is 0 Å². The van der Waals surface area contributed by atoms with Gasteiger partial charge in [0.05, 0.1) is 12.7 Å². The fraction of sp³-hybridized carbons (Fsp3) is 0.636. The fourth-order valence-electron chi connectivity index (χ4n) is 1.65. The summed E-state index contributed by atoms with van der Waals surface area (Å²) in [7, 11) is 1.82. The van der Waals surface area contributed by atoms with Crippen LogP contribution >= 0.6 is 0 Å². The van der Waals surface area contributed by atoms with Crippen molar-refractivity contribution in [2.45, 2.75) is 26.7 Å². The lowest BCUT2D eigenvalue weighted by Gasteiger charge is -2.13. The minimum Gasteiger partial charge on any atom is -0.347 e. The molecule has 0 aliphatic carbocycles. The van der Waals surface area contributed by atoms with Crippen LogP contribution in [0, 0.1) is 0 Å². The third-order valence-electron chi connectivity index (χ3n) is 2.41. The van der Waals surface area contributed by atoms with E-state index in [1.807, 2.05) is 27.1 Å². The summed E-state index contributed by atoms with van der Waals surface area (Å²) in [4.78, 5) is 0. The largest absolute Gasteiger partial charge is 0.347 e. The lowest BCUT2D eigenvalue weighted by Crippen LogP contribution is -2.09. The van der Waals surface area contributed by atoms with Gasteiger partial charge in [0.2, 0.25) is 6.29 Å². The van der Waals surface area contributed by atoms with Gasteiger partial charge in [0.15, 0.2) is 0 Å². The van der Waals surface area contributed by atoms with Crippen LogP contribution < -0.4 is 0 Å². The van der Waals surface area contributed by atoms with Crippen LogP contribution in [-0.2, 0) is 23.1 Å². The number of aryl methyl sites for hydroxylation is 1. The molecule has 0 saturated carbocycles. The second-order valence-corrected chi connectivity index (χ2v) is 3.97. The Bertz CT molecular complexity index is 503. The van der Waals surface area contributed by atoms with Crippen LogP contribution in [0.25, 0.3) is 0 Å². The number of ether oxygens (including phenoxy) is 2. The van der Waals surface area contributed by atoms with E-state index >= 15 is 0 Å². The van der Waals surface area contributed by atoms with Crippen molar-refractivity contribution in [3.8, 4) is 0 Å². The maximum atomic E-state index is 5.47. The van der Waals surface area contributed by atoms with Gasteiger partial charge in [-0.1, -0.05) is 10.4 Å². The summed E-state index contributed by atoms with van der Waals surface area (Å²) in [5, 5.41) is 16.0. The first-order valence-corrected chi connectivity index (χ1v) is 6.21. The zero-order chi connectivity index (χ0) is 13.7. The number of hydrogen-bond acceptors (Lipinski definition) is 6. The summed E-state index contributed by atoms with van der Waals surface area (Å²) in [6.07, 6.45) is 3.17. The molecule has 0 saturated heterocycles. The van der Waals surface area contributed by atoms with Gasteiger partial charge in [0, 0.05) is 26.5 Å². The summed E-state index contributed by atoms with van der Waals surface area (Å²) in [6.45, 7) is 5.46. The molecular weight excluding hydrogens is 248 g/mol. The van der Waals surface area contributed by atoms with Crippen molar-refractivity contribution in [2.24, 2.45) is 7.05 Å². The minimum atomic E-state index is -0.467. The van der Waals surface area contributed by atoms with Gasteiger partial charge < -0.3 is 9.47 Å². The maximum absolute atomic E-state index is 5.47. The van der Waals surface area contributed by atoms with Gasteiger partial charge in [0.1, 0.15) is 11.4 Å². The Morgan fingerprint density at radius 1 is 1.11 bits per heavy atom. The first-order valence-electron chi connectivity index (χ1n) is 6.21. The first-order chi connectivity index (χ1) is 9.22. The van der Waals surface area contributed by atoms with Crippen LogP contribution in [0.1, 0.15) is 31.5 Å². The number of aromatic nitrogens is 6. The summed E-state index contributed by atoms with van der Waals surface area (Å²) in [5.41, 5.74) is 1.48. The van der Waals surface area contributed by atoms with E-state index in [1.165, 1.54) is 0 Å². The van der Waals surface area contributed by atoms with E-state index in [-0.39, 0.29) is 0 Å². The number of hydrogen-bond donors (Lipinski definition) is 0. The highest BCUT2D eigenvalue weighted by Crippen LogP contribution is 2.15. The van der Waals surface area contributed by atoms with Gasteiger partial charge in [-0.3, -0.25) is 4.68 Å². The van der Waals surface area contributed by atoms with Crippen molar-refractivity contribution in [2.75, 3.05) is 13.2 Å². The second-order valence-electron chi connectivity index (χ2n) is 3.97. The smallest absolute Gasteiger partial charge is 0.204 e. The molecule has 8 heteroatoms. The van der Waals surface area contributed by atoms with Crippen LogP contribution in [0.2, 0.25) is 0 Å². The van der Waals surface area contributed by atoms with Gasteiger partial charge in [-0.05, 0) is 13.8 Å². The molecule has 0 fully saturated rings. The number of nitrogens with zero attached hydrogens (tertiary/aromatic N) is 6. The molecule has 0 unspecified atom stereocenters. The molecule has 2 aromatic heterocycles. The molecule has 19 heavy (non-hydrogen) atoms. The molecule has 0 bridgehead atoms. The molecule has 0 amide bonds. The van der Waals surface area contributed by atoms with E-state index in [0.717, 1.165) is 5.69 Å². The van der Waals surface area contributed by atoms with Crippen LogP contribution in [-0.4, -0.2) is 43.2 Å². The van der Waals surface area contributed by atoms with Crippen LogP contribution in [0.15, 0.2) is 12.4 Å². The van der Waals surface area contributed by atoms with E-state index in [1.54, 1.807) is 15.6 Å². The van der Waals surface area contributed by atoms with Crippen LogP contribution in [0.5, 0.6) is 0 Å². The second kappa shape index (κ2) is 6.39. The minimum absolute atomic E-state index is 0.467. The highest BCUT2D eigenvalue weighted by Gasteiger charge is 2.15. The molecule has 2 aromatic rings. The molecular formula is C11H18N6O2. The molecule has 0 atom stereocenters. The predicted octanol–water partition coefficient (Wildman–Crippen LogP) is 0.526. The Kier molecular flexibility index (Phi) is 4.58. The Balaban J connectivity index is 2.04. The third-order valence-corrected chi connectivity index (χ3v) is 2.41. The van der Waals surface area contributed by atoms with Gasteiger partial charge >= 0.3 is 0 Å². The summed E-state index contributed by atoms with van der Waals surface area (Å²) in [6, 6.07) is 0. The Labute approximate surface area is 111 Å². The highest BCUT2D eigenvalue weighted by atomic mass is 16.7. The molecule has 2 rings (SSSR count). The zero-order valence-electron chi connectivity index (χ0n) is 11.4. The molecule has 0 spiro atoms. The van der Waals surface area contributed by atoms with E-state index in [0.29, 0.717) is 25.5 Å². The zero-order valence-corrected chi connectivity index (χ0v) is 11.4. The maximum Gasteiger partial charge on any atom is 0.204 e. The molecule has 0 aromatic carbocycles. The monoisotopic (exact) mass is 266 g/mol. The molecule has 0 aliphatic heterocycles. The van der Waals surface area contributed by atoms with E-state index in [2.05, 4.69) is 20.6 Å². The van der Waals surface area contributed by atoms with Crippen molar-refractivity contribution in [1.82, 2.24) is 30.0 Å². The SMILES string of the molecule is CCOC(OCC)c1cn(Cc2cn(C)nn2)nn1. The average Bonchev–Trinajstić information content (AvgIpc) is 2.99. The van der Waals surface area contributed by atoms with E-state index < -0.39 is 6.29 Å².